The van der Waals surface area contributed by atoms with Gasteiger partial charge >= 0.3 is 0 Å². The number of benzene rings is 1. The molecule has 1 aromatic carbocycles. The Kier molecular flexibility index (Phi) is 3.56. The van der Waals surface area contributed by atoms with Gasteiger partial charge in [-0.3, -0.25) is 14.9 Å². The fraction of sp³-hybridized carbons (Fsp3) is 0.100. The van der Waals surface area contributed by atoms with Crippen molar-refractivity contribution in [1.29, 1.82) is 0 Å². The van der Waals surface area contributed by atoms with E-state index in [0.717, 1.165) is 6.20 Å². The molecule has 0 fully saturated rings. The van der Waals surface area contributed by atoms with Crippen LogP contribution in [0.25, 0.3) is 5.70 Å². The molecule has 78 valence electrons. The van der Waals surface area contributed by atoms with Gasteiger partial charge in [-0.25, -0.2) is 0 Å². The molecule has 0 aromatic heterocycles. The maximum atomic E-state index is 10.8. The summed E-state index contributed by atoms with van der Waals surface area (Å²) in [5.74, 6) is -0.341. The van der Waals surface area contributed by atoms with Gasteiger partial charge in [0.1, 0.15) is 5.70 Å². The molecule has 0 saturated heterocycles. The monoisotopic (exact) mass is 206 g/mol. The van der Waals surface area contributed by atoms with Crippen molar-refractivity contribution < 1.29 is 9.72 Å². The molecule has 0 spiro atoms. The first-order valence-corrected chi connectivity index (χ1v) is 4.28. The molecule has 0 aliphatic rings. The van der Waals surface area contributed by atoms with E-state index < -0.39 is 4.92 Å². The normalized spacial score (nSPS) is 10.9. The number of carbonyl (C=O) groups is 1. The van der Waals surface area contributed by atoms with Crippen LogP contribution in [-0.2, 0) is 4.79 Å². The number of nitrogens with one attached hydrogen (secondary N) is 1. The van der Waals surface area contributed by atoms with Crippen LogP contribution in [0.3, 0.4) is 0 Å². The lowest BCUT2D eigenvalue weighted by Crippen LogP contribution is -2.18. The summed E-state index contributed by atoms with van der Waals surface area (Å²) in [4.78, 5) is 20.6. The first-order chi connectivity index (χ1) is 7.09. The third-order valence-electron chi connectivity index (χ3n) is 1.63. The smallest absolute Gasteiger partial charge is 0.258 e. The number of rotatable bonds is 3. The SMILES string of the molecule is CC(=O)N/C(=C/[N+](=O)[O-])c1ccccc1. The van der Waals surface area contributed by atoms with Crippen LogP contribution in [0.2, 0.25) is 0 Å². The van der Waals surface area contributed by atoms with Gasteiger partial charge in [0.25, 0.3) is 6.20 Å². The Balaban J connectivity index is 3.02. The standard InChI is InChI=1S/C10H10N2O3/c1-8(13)11-10(7-12(14)15)9-5-3-2-4-6-9/h2-7H,1H3,(H,11,13)/b10-7+. The van der Waals surface area contributed by atoms with Crippen LogP contribution in [0.4, 0.5) is 0 Å². The van der Waals surface area contributed by atoms with Gasteiger partial charge in [0.2, 0.25) is 5.91 Å². The van der Waals surface area contributed by atoms with Crippen LogP contribution in [0.15, 0.2) is 36.5 Å². The number of hydrogen-bond donors (Lipinski definition) is 1. The zero-order valence-corrected chi connectivity index (χ0v) is 8.14. The summed E-state index contributed by atoms with van der Waals surface area (Å²) in [7, 11) is 0. The molecule has 0 bridgehead atoms. The number of nitrogens with zero attached hydrogens (tertiary/aromatic N) is 1. The lowest BCUT2D eigenvalue weighted by atomic mass is 10.2. The molecule has 5 nitrogen and oxygen atoms in total. The highest BCUT2D eigenvalue weighted by atomic mass is 16.6. The van der Waals surface area contributed by atoms with E-state index in [2.05, 4.69) is 5.32 Å². The van der Waals surface area contributed by atoms with E-state index >= 15 is 0 Å². The Hall–Kier alpha value is -2.17. The van der Waals surface area contributed by atoms with Crippen LogP contribution in [0.5, 0.6) is 0 Å². The van der Waals surface area contributed by atoms with Crippen LogP contribution < -0.4 is 5.32 Å². The predicted molar refractivity (Wildman–Crippen MR) is 55.2 cm³/mol. The minimum atomic E-state index is -0.599. The van der Waals surface area contributed by atoms with Crippen molar-refractivity contribution in [2.75, 3.05) is 0 Å². The van der Waals surface area contributed by atoms with E-state index in [-0.39, 0.29) is 11.6 Å². The highest BCUT2D eigenvalue weighted by molar-refractivity contribution is 5.84. The van der Waals surface area contributed by atoms with Gasteiger partial charge in [0.15, 0.2) is 0 Å². The molecule has 0 saturated carbocycles. The zero-order chi connectivity index (χ0) is 11.3. The lowest BCUT2D eigenvalue weighted by molar-refractivity contribution is -0.401. The molecule has 0 aliphatic carbocycles. The van der Waals surface area contributed by atoms with E-state index in [1.54, 1.807) is 30.3 Å². The van der Waals surface area contributed by atoms with E-state index in [1.165, 1.54) is 6.92 Å². The number of hydrogen-bond acceptors (Lipinski definition) is 3. The Morgan fingerprint density at radius 2 is 2.00 bits per heavy atom. The van der Waals surface area contributed by atoms with Gasteiger partial charge < -0.3 is 5.32 Å². The predicted octanol–water partition coefficient (Wildman–Crippen LogP) is 1.40. The molecule has 0 radical (unpaired) electrons. The molecule has 0 unspecified atom stereocenters. The van der Waals surface area contributed by atoms with E-state index in [1.807, 2.05) is 0 Å². The molecule has 15 heavy (non-hydrogen) atoms. The molecular weight excluding hydrogens is 196 g/mol. The van der Waals surface area contributed by atoms with Gasteiger partial charge in [-0.2, -0.15) is 0 Å². The molecule has 5 heteroatoms. The second-order valence-corrected chi connectivity index (χ2v) is 2.88. The van der Waals surface area contributed by atoms with Crippen LogP contribution in [0, 0.1) is 10.1 Å². The molecule has 0 atom stereocenters. The van der Waals surface area contributed by atoms with Crippen molar-refractivity contribution in [3.05, 3.63) is 52.2 Å². The summed E-state index contributed by atoms with van der Waals surface area (Å²) in [6, 6.07) is 8.65. The average molecular weight is 206 g/mol. The van der Waals surface area contributed by atoms with Gasteiger partial charge in [-0.15, -0.1) is 0 Å². The summed E-state index contributed by atoms with van der Waals surface area (Å²) in [6.45, 7) is 1.30. The third kappa shape index (κ3) is 3.60. The van der Waals surface area contributed by atoms with Gasteiger partial charge in [-0.1, -0.05) is 30.3 Å². The molecule has 1 amide bonds. The topological polar surface area (TPSA) is 72.2 Å². The summed E-state index contributed by atoms with van der Waals surface area (Å²) in [5.41, 5.74) is 0.789. The first-order valence-electron chi connectivity index (χ1n) is 4.28. The van der Waals surface area contributed by atoms with Crippen molar-refractivity contribution in [1.82, 2.24) is 5.32 Å². The molecular formula is C10H10N2O3. The van der Waals surface area contributed by atoms with Crippen molar-refractivity contribution in [2.45, 2.75) is 6.92 Å². The fourth-order valence-electron chi connectivity index (χ4n) is 1.09. The van der Waals surface area contributed by atoms with Gasteiger partial charge in [0, 0.05) is 12.5 Å². The number of amides is 1. The molecule has 0 heterocycles. The zero-order valence-electron chi connectivity index (χ0n) is 8.14. The van der Waals surface area contributed by atoms with Crippen molar-refractivity contribution in [3.8, 4) is 0 Å². The molecule has 1 N–H and O–H groups in total. The van der Waals surface area contributed by atoms with E-state index in [9.17, 15) is 14.9 Å². The van der Waals surface area contributed by atoms with Crippen molar-refractivity contribution in [2.24, 2.45) is 0 Å². The molecule has 0 aliphatic heterocycles. The van der Waals surface area contributed by atoms with Crippen molar-refractivity contribution in [3.63, 3.8) is 0 Å². The van der Waals surface area contributed by atoms with Crippen LogP contribution in [-0.4, -0.2) is 10.8 Å². The highest BCUT2D eigenvalue weighted by Gasteiger charge is 2.07. The summed E-state index contributed by atoms with van der Waals surface area (Å²) >= 11 is 0. The Labute approximate surface area is 86.6 Å². The lowest BCUT2D eigenvalue weighted by Gasteiger charge is -2.04. The summed E-state index contributed by atoms with van der Waals surface area (Å²) in [6.07, 6.45) is 0.775. The summed E-state index contributed by atoms with van der Waals surface area (Å²) in [5, 5.41) is 12.8. The largest absolute Gasteiger partial charge is 0.321 e. The third-order valence-corrected chi connectivity index (χ3v) is 1.63. The average Bonchev–Trinajstić information content (AvgIpc) is 2.17. The Bertz CT molecular complexity index is 398. The minimum absolute atomic E-state index is 0.188. The molecule has 1 rings (SSSR count). The minimum Gasteiger partial charge on any atom is -0.321 e. The molecule has 1 aromatic rings. The second-order valence-electron chi connectivity index (χ2n) is 2.88. The van der Waals surface area contributed by atoms with Gasteiger partial charge in [-0.05, 0) is 0 Å². The maximum absolute atomic E-state index is 10.8. The highest BCUT2D eigenvalue weighted by Crippen LogP contribution is 2.10. The Morgan fingerprint density at radius 1 is 1.40 bits per heavy atom. The number of carbonyl (C=O) groups excluding carboxylic acids is 1. The maximum Gasteiger partial charge on any atom is 0.258 e. The van der Waals surface area contributed by atoms with Crippen LogP contribution >= 0.6 is 0 Å². The Morgan fingerprint density at radius 3 is 2.47 bits per heavy atom. The first kappa shape index (κ1) is 10.9. The number of nitro groups is 1. The van der Waals surface area contributed by atoms with E-state index in [4.69, 9.17) is 0 Å². The quantitative estimate of drug-likeness (QED) is 0.600. The van der Waals surface area contributed by atoms with E-state index in [0.29, 0.717) is 5.56 Å². The van der Waals surface area contributed by atoms with Crippen LogP contribution in [0.1, 0.15) is 12.5 Å². The second kappa shape index (κ2) is 4.90. The van der Waals surface area contributed by atoms with Gasteiger partial charge in [0.05, 0.1) is 4.92 Å². The summed E-state index contributed by atoms with van der Waals surface area (Å²) < 4.78 is 0. The fourth-order valence-corrected chi connectivity index (χ4v) is 1.09. The van der Waals surface area contributed by atoms with Crippen molar-refractivity contribution >= 4 is 11.6 Å².